The van der Waals surface area contributed by atoms with Gasteiger partial charge in [0.2, 0.25) is 20.0 Å². The van der Waals surface area contributed by atoms with Crippen molar-refractivity contribution in [3.8, 4) is 0 Å². The summed E-state index contributed by atoms with van der Waals surface area (Å²) in [4.78, 5) is -0.328. The molecule has 1 aromatic rings. The molecule has 9 heteroatoms. The third-order valence-electron chi connectivity index (χ3n) is 2.83. The summed E-state index contributed by atoms with van der Waals surface area (Å²) in [7, 11) is -7.65. The molecule has 0 aromatic heterocycles. The second-order valence-electron chi connectivity index (χ2n) is 4.33. The van der Waals surface area contributed by atoms with Crippen molar-refractivity contribution in [1.29, 1.82) is 0 Å². The van der Waals surface area contributed by atoms with Gasteiger partial charge in [0, 0.05) is 12.6 Å². The van der Waals surface area contributed by atoms with Crippen LogP contribution in [0.15, 0.2) is 34.1 Å². The molecular formula is C10H15N3O4S2. The number of benzene rings is 1. The Hall–Kier alpha value is -1.00. The van der Waals surface area contributed by atoms with E-state index in [2.05, 4.69) is 10.0 Å². The second kappa shape index (κ2) is 5.17. The first-order valence-corrected chi connectivity index (χ1v) is 8.68. The topological polar surface area (TPSA) is 118 Å². The van der Waals surface area contributed by atoms with Gasteiger partial charge in [-0.2, -0.15) is 0 Å². The molecule has 0 bridgehead atoms. The quantitative estimate of drug-likeness (QED) is 0.657. The largest absolute Gasteiger partial charge is 0.315 e. The minimum Gasteiger partial charge on any atom is -0.315 e. The van der Waals surface area contributed by atoms with Gasteiger partial charge >= 0.3 is 0 Å². The van der Waals surface area contributed by atoms with E-state index in [0.717, 1.165) is 12.6 Å². The maximum absolute atomic E-state index is 12.1. The number of sulfonamides is 2. The summed E-state index contributed by atoms with van der Waals surface area (Å²) in [6, 6.07) is 4.81. The van der Waals surface area contributed by atoms with E-state index < -0.39 is 20.0 Å². The van der Waals surface area contributed by atoms with Crippen LogP contribution in [0.3, 0.4) is 0 Å². The standard InChI is InChI=1S/C10H15N3O4S2/c11-18(14,15)9-2-1-3-10(6-9)19(16,17)13-8-4-5-12-7-8/h1-3,6,8,12-13H,4-5,7H2,(H2,11,14,15). The van der Waals surface area contributed by atoms with Crippen LogP contribution in [0.5, 0.6) is 0 Å². The van der Waals surface area contributed by atoms with Crippen LogP contribution in [0.25, 0.3) is 0 Å². The number of nitrogens with one attached hydrogen (secondary N) is 2. The first-order valence-electron chi connectivity index (χ1n) is 5.65. The number of nitrogens with two attached hydrogens (primary N) is 1. The van der Waals surface area contributed by atoms with Crippen LogP contribution in [-0.4, -0.2) is 36.0 Å². The zero-order valence-corrected chi connectivity index (χ0v) is 11.7. The van der Waals surface area contributed by atoms with Crippen molar-refractivity contribution >= 4 is 20.0 Å². The van der Waals surface area contributed by atoms with E-state index in [1.165, 1.54) is 18.2 Å². The van der Waals surface area contributed by atoms with E-state index in [9.17, 15) is 16.8 Å². The minimum atomic E-state index is -3.92. The van der Waals surface area contributed by atoms with E-state index >= 15 is 0 Å². The fourth-order valence-corrected chi connectivity index (χ4v) is 3.81. The van der Waals surface area contributed by atoms with Gasteiger partial charge < -0.3 is 5.32 Å². The molecule has 106 valence electrons. The Bertz CT molecular complexity index is 664. The van der Waals surface area contributed by atoms with Gasteiger partial charge in [-0.05, 0) is 31.2 Å². The van der Waals surface area contributed by atoms with Crippen molar-refractivity contribution in [3.63, 3.8) is 0 Å². The van der Waals surface area contributed by atoms with Crippen molar-refractivity contribution in [3.05, 3.63) is 24.3 Å². The van der Waals surface area contributed by atoms with Gasteiger partial charge in [0.1, 0.15) is 0 Å². The first kappa shape index (κ1) is 14.4. The van der Waals surface area contributed by atoms with E-state index in [0.29, 0.717) is 13.0 Å². The number of primary sulfonamides is 1. The maximum Gasteiger partial charge on any atom is 0.240 e. The smallest absolute Gasteiger partial charge is 0.240 e. The van der Waals surface area contributed by atoms with Gasteiger partial charge in [0.25, 0.3) is 0 Å². The average molecular weight is 305 g/mol. The molecule has 1 fully saturated rings. The molecule has 1 heterocycles. The molecular weight excluding hydrogens is 290 g/mol. The summed E-state index contributed by atoms with van der Waals surface area (Å²) in [6.07, 6.45) is 0.702. The molecule has 1 atom stereocenters. The maximum atomic E-state index is 12.1. The highest BCUT2D eigenvalue weighted by Gasteiger charge is 2.23. The Labute approximate surface area is 112 Å². The third kappa shape index (κ3) is 3.51. The van der Waals surface area contributed by atoms with Crippen LogP contribution in [0.4, 0.5) is 0 Å². The normalized spacial score (nSPS) is 20.6. The molecule has 1 aliphatic rings. The lowest BCUT2D eigenvalue weighted by Crippen LogP contribution is -2.36. The molecule has 0 spiro atoms. The molecule has 1 unspecified atom stereocenters. The highest BCUT2D eigenvalue weighted by atomic mass is 32.2. The van der Waals surface area contributed by atoms with Crippen molar-refractivity contribution in [2.24, 2.45) is 5.14 Å². The van der Waals surface area contributed by atoms with E-state index in [1.807, 2.05) is 0 Å². The van der Waals surface area contributed by atoms with E-state index in [4.69, 9.17) is 5.14 Å². The zero-order chi connectivity index (χ0) is 14.1. The van der Waals surface area contributed by atoms with Crippen LogP contribution in [-0.2, 0) is 20.0 Å². The monoisotopic (exact) mass is 305 g/mol. The van der Waals surface area contributed by atoms with Crippen molar-refractivity contribution < 1.29 is 16.8 Å². The Balaban J connectivity index is 2.30. The summed E-state index contributed by atoms with van der Waals surface area (Å²) in [6.45, 7) is 1.32. The summed E-state index contributed by atoms with van der Waals surface area (Å²) in [5.41, 5.74) is 0. The molecule has 2 rings (SSSR count). The first-order chi connectivity index (χ1) is 8.79. The lowest BCUT2D eigenvalue weighted by Gasteiger charge is -2.12. The fraction of sp³-hybridized carbons (Fsp3) is 0.400. The van der Waals surface area contributed by atoms with Crippen molar-refractivity contribution in [2.75, 3.05) is 13.1 Å². The molecule has 0 saturated carbocycles. The van der Waals surface area contributed by atoms with E-state index in [-0.39, 0.29) is 15.8 Å². The molecule has 0 aliphatic carbocycles. The van der Waals surface area contributed by atoms with Gasteiger partial charge in [-0.25, -0.2) is 26.7 Å². The van der Waals surface area contributed by atoms with Gasteiger partial charge in [0.05, 0.1) is 9.79 Å². The van der Waals surface area contributed by atoms with Crippen LogP contribution >= 0.6 is 0 Å². The van der Waals surface area contributed by atoms with Gasteiger partial charge in [-0.3, -0.25) is 0 Å². The zero-order valence-electron chi connectivity index (χ0n) is 10.0. The summed E-state index contributed by atoms with van der Waals surface area (Å²) >= 11 is 0. The number of hydrogen-bond acceptors (Lipinski definition) is 5. The molecule has 1 aliphatic heterocycles. The Morgan fingerprint density at radius 1 is 1.21 bits per heavy atom. The highest BCUT2D eigenvalue weighted by Crippen LogP contribution is 2.15. The highest BCUT2D eigenvalue weighted by molar-refractivity contribution is 7.90. The molecule has 0 radical (unpaired) electrons. The molecule has 0 amide bonds. The Kier molecular flexibility index (Phi) is 3.92. The van der Waals surface area contributed by atoms with Crippen LogP contribution < -0.4 is 15.2 Å². The lowest BCUT2D eigenvalue weighted by molar-refractivity contribution is 0.560. The number of rotatable bonds is 4. The molecule has 7 nitrogen and oxygen atoms in total. The average Bonchev–Trinajstić information content (AvgIpc) is 2.80. The van der Waals surface area contributed by atoms with Gasteiger partial charge in [-0.1, -0.05) is 6.07 Å². The van der Waals surface area contributed by atoms with E-state index in [1.54, 1.807) is 0 Å². The Morgan fingerprint density at radius 2 is 1.89 bits per heavy atom. The Morgan fingerprint density at radius 3 is 2.47 bits per heavy atom. The summed E-state index contributed by atoms with van der Waals surface area (Å²) in [5, 5.41) is 8.02. The minimum absolute atomic E-state index is 0.106. The summed E-state index contributed by atoms with van der Waals surface area (Å²) in [5.74, 6) is 0. The van der Waals surface area contributed by atoms with Crippen molar-refractivity contribution in [1.82, 2.24) is 10.0 Å². The van der Waals surface area contributed by atoms with Gasteiger partial charge in [-0.15, -0.1) is 0 Å². The SMILES string of the molecule is NS(=O)(=O)c1cccc(S(=O)(=O)NC2CCNC2)c1. The third-order valence-corrected chi connectivity index (χ3v) is 5.26. The van der Waals surface area contributed by atoms with Crippen LogP contribution in [0.2, 0.25) is 0 Å². The van der Waals surface area contributed by atoms with Crippen LogP contribution in [0.1, 0.15) is 6.42 Å². The predicted octanol–water partition coefficient (Wildman–Crippen LogP) is -1.03. The molecule has 1 aromatic carbocycles. The summed E-state index contributed by atoms with van der Waals surface area (Å²) < 4.78 is 49.1. The fourth-order valence-electron chi connectivity index (χ4n) is 1.86. The lowest BCUT2D eigenvalue weighted by atomic mass is 10.3. The van der Waals surface area contributed by atoms with Gasteiger partial charge in [0.15, 0.2) is 0 Å². The van der Waals surface area contributed by atoms with Crippen molar-refractivity contribution in [2.45, 2.75) is 22.3 Å². The predicted molar refractivity (Wildman–Crippen MR) is 69.4 cm³/mol. The van der Waals surface area contributed by atoms with Crippen LogP contribution in [0, 0.1) is 0 Å². The number of hydrogen-bond donors (Lipinski definition) is 3. The molecule has 19 heavy (non-hydrogen) atoms. The molecule has 1 saturated heterocycles. The second-order valence-corrected chi connectivity index (χ2v) is 7.61. The molecule has 4 N–H and O–H groups in total.